The van der Waals surface area contributed by atoms with Gasteiger partial charge in [0.05, 0.1) is 11.9 Å². The van der Waals surface area contributed by atoms with E-state index in [0.717, 1.165) is 22.7 Å². The summed E-state index contributed by atoms with van der Waals surface area (Å²) in [6.07, 6.45) is -3.87. The molecule has 1 N–H and O–H groups in total. The number of ether oxygens (including phenoxy) is 1. The number of alkyl halides is 3. The van der Waals surface area contributed by atoms with Gasteiger partial charge in [-0.25, -0.2) is 8.42 Å². The minimum atomic E-state index is -4.83. The molecule has 2 aromatic carbocycles. The predicted molar refractivity (Wildman–Crippen MR) is 100.0 cm³/mol. The average molecular weight is 437 g/mol. The Morgan fingerprint density at radius 3 is 2.11 bits per heavy atom. The molecule has 11 heteroatoms. The summed E-state index contributed by atoms with van der Waals surface area (Å²) in [4.78, 5) is 12.5. The van der Waals surface area contributed by atoms with Crippen LogP contribution in [-0.2, 0) is 14.8 Å². The fourth-order valence-electron chi connectivity index (χ4n) is 2.38. The Hall–Kier alpha value is -2.46. The third kappa shape index (κ3) is 6.03. The number of carbonyl (C=O) groups is 1. The molecule has 1 atom stereocenters. The standard InChI is InChI=1S/C17H16ClF3N2O4S/c1-11(23(28(2,25)26)14-7-3-12(18)4-8-14)16(24)22-13-5-9-15(10-6-13)27-17(19,20)21/h3-11H,1-2H3,(H,22,24)/t11-/m0/s1. The number of hydrogen-bond donors (Lipinski definition) is 1. The van der Waals surface area contributed by atoms with Gasteiger partial charge >= 0.3 is 6.36 Å². The van der Waals surface area contributed by atoms with Crippen LogP contribution in [0.1, 0.15) is 6.92 Å². The molecule has 0 radical (unpaired) electrons. The first-order valence-corrected chi connectivity index (χ1v) is 10.0. The van der Waals surface area contributed by atoms with Crippen LogP contribution in [0.3, 0.4) is 0 Å². The number of sulfonamides is 1. The van der Waals surface area contributed by atoms with E-state index in [1.807, 2.05) is 0 Å². The number of amides is 1. The van der Waals surface area contributed by atoms with Gasteiger partial charge in [-0.05, 0) is 55.5 Å². The van der Waals surface area contributed by atoms with Crippen LogP contribution in [0.2, 0.25) is 5.02 Å². The molecular weight excluding hydrogens is 421 g/mol. The molecule has 6 nitrogen and oxygen atoms in total. The van der Waals surface area contributed by atoms with Crippen LogP contribution in [0.15, 0.2) is 48.5 Å². The molecule has 152 valence electrons. The van der Waals surface area contributed by atoms with E-state index >= 15 is 0 Å². The second-order valence-corrected chi connectivity index (χ2v) is 8.07. The van der Waals surface area contributed by atoms with Crippen molar-refractivity contribution in [3.8, 4) is 5.75 Å². The number of anilines is 2. The number of nitrogens with one attached hydrogen (secondary N) is 1. The summed E-state index contributed by atoms with van der Waals surface area (Å²) in [7, 11) is -3.81. The van der Waals surface area contributed by atoms with Gasteiger partial charge in [0.2, 0.25) is 15.9 Å². The molecule has 0 aliphatic rings. The van der Waals surface area contributed by atoms with E-state index in [-0.39, 0.29) is 11.4 Å². The molecule has 0 saturated carbocycles. The smallest absolute Gasteiger partial charge is 0.406 e. The second kappa shape index (κ2) is 8.27. The largest absolute Gasteiger partial charge is 0.573 e. The van der Waals surface area contributed by atoms with Gasteiger partial charge in [0.25, 0.3) is 0 Å². The predicted octanol–water partition coefficient (Wildman–Crippen LogP) is 4.03. The zero-order chi connectivity index (χ0) is 21.1. The van der Waals surface area contributed by atoms with Crippen LogP contribution < -0.4 is 14.4 Å². The molecule has 2 rings (SSSR count). The van der Waals surface area contributed by atoms with Crippen molar-refractivity contribution in [1.29, 1.82) is 0 Å². The highest BCUT2D eigenvalue weighted by atomic mass is 35.5. The average Bonchev–Trinajstić information content (AvgIpc) is 2.56. The van der Waals surface area contributed by atoms with Crippen molar-refractivity contribution in [3.05, 3.63) is 53.6 Å². The van der Waals surface area contributed by atoms with Crippen molar-refractivity contribution in [1.82, 2.24) is 0 Å². The lowest BCUT2D eigenvalue weighted by atomic mass is 10.2. The minimum absolute atomic E-state index is 0.177. The van der Waals surface area contributed by atoms with Crippen LogP contribution in [0, 0.1) is 0 Å². The van der Waals surface area contributed by atoms with Gasteiger partial charge < -0.3 is 10.1 Å². The number of nitrogens with zero attached hydrogens (tertiary/aromatic N) is 1. The normalized spacial score (nSPS) is 12.9. The third-order valence-electron chi connectivity index (χ3n) is 3.53. The van der Waals surface area contributed by atoms with Gasteiger partial charge in [-0.1, -0.05) is 11.6 Å². The van der Waals surface area contributed by atoms with Crippen molar-refractivity contribution in [3.63, 3.8) is 0 Å². The van der Waals surface area contributed by atoms with Crippen molar-refractivity contribution < 1.29 is 31.1 Å². The highest BCUT2D eigenvalue weighted by Gasteiger charge is 2.31. The summed E-state index contributed by atoms with van der Waals surface area (Å²) in [5, 5.41) is 2.86. The lowest BCUT2D eigenvalue weighted by Gasteiger charge is -2.28. The zero-order valence-electron chi connectivity index (χ0n) is 14.7. The van der Waals surface area contributed by atoms with E-state index in [1.54, 1.807) is 0 Å². The summed E-state index contributed by atoms with van der Waals surface area (Å²) >= 11 is 5.81. The molecule has 0 heterocycles. The van der Waals surface area contributed by atoms with Gasteiger partial charge in [0.15, 0.2) is 0 Å². The lowest BCUT2D eigenvalue weighted by Crippen LogP contribution is -2.45. The summed E-state index contributed by atoms with van der Waals surface area (Å²) in [5.74, 6) is -1.12. The van der Waals surface area contributed by atoms with Gasteiger partial charge in [0.1, 0.15) is 11.8 Å². The van der Waals surface area contributed by atoms with E-state index in [2.05, 4.69) is 10.1 Å². The Morgan fingerprint density at radius 1 is 1.11 bits per heavy atom. The highest BCUT2D eigenvalue weighted by molar-refractivity contribution is 7.92. The monoisotopic (exact) mass is 436 g/mol. The van der Waals surface area contributed by atoms with Crippen LogP contribution in [0.25, 0.3) is 0 Å². The quantitative estimate of drug-likeness (QED) is 0.741. The van der Waals surface area contributed by atoms with Crippen molar-refractivity contribution in [2.75, 3.05) is 15.9 Å². The number of rotatable bonds is 6. The lowest BCUT2D eigenvalue weighted by molar-refractivity contribution is -0.274. The summed E-state index contributed by atoms with van der Waals surface area (Å²) in [6.45, 7) is 1.38. The Morgan fingerprint density at radius 2 is 1.64 bits per heavy atom. The topological polar surface area (TPSA) is 75.7 Å². The van der Waals surface area contributed by atoms with Gasteiger partial charge in [-0.15, -0.1) is 13.2 Å². The van der Waals surface area contributed by atoms with Gasteiger partial charge in [-0.3, -0.25) is 9.10 Å². The molecule has 2 aromatic rings. The third-order valence-corrected chi connectivity index (χ3v) is 5.02. The maximum Gasteiger partial charge on any atom is 0.573 e. The van der Waals surface area contributed by atoms with Crippen LogP contribution in [-0.4, -0.2) is 33.0 Å². The highest BCUT2D eigenvalue weighted by Crippen LogP contribution is 2.25. The molecule has 0 aliphatic heterocycles. The van der Waals surface area contributed by atoms with E-state index in [0.29, 0.717) is 5.02 Å². The number of hydrogen-bond acceptors (Lipinski definition) is 4. The molecule has 0 bridgehead atoms. The van der Waals surface area contributed by atoms with Crippen LogP contribution >= 0.6 is 11.6 Å². The molecule has 28 heavy (non-hydrogen) atoms. The van der Waals surface area contributed by atoms with Crippen molar-refractivity contribution >= 4 is 38.9 Å². The molecule has 0 unspecified atom stereocenters. The molecule has 0 spiro atoms. The fraction of sp³-hybridized carbons (Fsp3) is 0.235. The number of halogens is 4. The van der Waals surface area contributed by atoms with Gasteiger partial charge in [0, 0.05) is 10.7 Å². The maximum absolute atomic E-state index is 12.5. The van der Waals surface area contributed by atoms with Crippen LogP contribution in [0.4, 0.5) is 24.5 Å². The van der Waals surface area contributed by atoms with E-state index in [4.69, 9.17) is 11.6 Å². The first kappa shape index (κ1) is 21.8. The minimum Gasteiger partial charge on any atom is -0.406 e. The van der Waals surface area contributed by atoms with Crippen LogP contribution in [0.5, 0.6) is 5.75 Å². The molecule has 0 aliphatic carbocycles. The Labute approximate surface area is 164 Å². The first-order valence-electron chi connectivity index (χ1n) is 7.78. The number of carbonyl (C=O) groups excluding carboxylic acids is 1. The van der Waals surface area contributed by atoms with E-state index in [1.165, 1.54) is 43.3 Å². The first-order chi connectivity index (χ1) is 12.9. The summed E-state index contributed by atoms with van der Waals surface area (Å²) < 4.78 is 65.6. The molecule has 0 saturated heterocycles. The summed E-state index contributed by atoms with van der Waals surface area (Å²) in [6, 6.07) is 9.22. The SMILES string of the molecule is C[C@@H](C(=O)Nc1ccc(OC(F)(F)F)cc1)N(c1ccc(Cl)cc1)S(C)(=O)=O. The molecule has 1 amide bonds. The molecule has 0 aromatic heterocycles. The van der Waals surface area contributed by atoms with Crippen molar-refractivity contribution in [2.45, 2.75) is 19.3 Å². The van der Waals surface area contributed by atoms with E-state index in [9.17, 15) is 26.4 Å². The zero-order valence-corrected chi connectivity index (χ0v) is 16.3. The number of benzene rings is 2. The van der Waals surface area contributed by atoms with Crippen molar-refractivity contribution in [2.24, 2.45) is 0 Å². The summed E-state index contributed by atoms with van der Waals surface area (Å²) in [5.41, 5.74) is 0.416. The molecule has 0 fully saturated rings. The maximum atomic E-state index is 12.5. The van der Waals surface area contributed by atoms with Gasteiger partial charge in [-0.2, -0.15) is 0 Å². The Balaban J connectivity index is 2.18. The Bertz CT molecular complexity index is 932. The molecular formula is C17H16ClF3N2O4S. The van der Waals surface area contributed by atoms with E-state index < -0.39 is 34.1 Å². The second-order valence-electron chi connectivity index (χ2n) is 5.77. The Kier molecular flexibility index (Phi) is 6.45. The fourth-order valence-corrected chi connectivity index (χ4v) is 3.68.